The Hall–Kier alpha value is -3.37. The Morgan fingerprint density at radius 1 is 1.14 bits per heavy atom. The van der Waals surface area contributed by atoms with Crippen molar-refractivity contribution in [2.45, 2.75) is 58.0 Å². The molecule has 6 heterocycles. The van der Waals surface area contributed by atoms with E-state index in [2.05, 4.69) is 45.2 Å². The lowest BCUT2D eigenvalue weighted by Crippen LogP contribution is -2.39. The highest BCUT2D eigenvalue weighted by molar-refractivity contribution is 7.17. The monoisotopic (exact) mass is 594 g/mol. The number of thiophene rings is 1. The van der Waals surface area contributed by atoms with Crippen molar-refractivity contribution in [2.24, 2.45) is 0 Å². The first kappa shape index (κ1) is 28.7. The summed E-state index contributed by atoms with van der Waals surface area (Å²) >= 11 is 1.00. The number of anilines is 2. The SMILES string of the molecule is CC.CN(C)C1CCN(C2CCN(c3ncc4c5c(c(C6NC=C(F)c7sc(N)c(C#N)c76)c(F)c4n3)COC5)C2)C1. The summed E-state index contributed by atoms with van der Waals surface area (Å²) in [7, 11) is 4.26. The van der Waals surface area contributed by atoms with Crippen LogP contribution in [0.2, 0.25) is 0 Å². The molecule has 0 bridgehead atoms. The molecule has 0 aliphatic carbocycles. The molecule has 4 aliphatic heterocycles. The van der Waals surface area contributed by atoms with Crippen molar-refractivity contribution in [1.82, 2.24) is 25.1 Å². The van der Waals surface area contributed by atoms with Crippen LogP contribution in [-0.4, -0.2) is 72.1 Å². The van der Waals surface area contributed by atoms with Crippen LogP contribution in [0, 0.1) is 17.1 Å². The summed E-state index contributed by atoms with van der Waals surface area (Å²) in [5.41, 5.74) is 8.62. The molecule has 0 amide bonds. The van der Waals surface area contributed by atoms with Crippen molar-refractivity contribution in [2.75, 3.05) is 50.9 Å². The molecule has 0 radical (unpaired) electrons. The van der Waals surface area contributed by atoms with Gasteiger partial charge in [-0.15, -0.1) is 11.3 Å². The van der Waals surface area contributed by atoms with Crippen molar-refractivity contribution < 1.29 is 13.5 Å². The first-order valence-electron chi connectivity index (χ1n) is 14.5. The van der Waals surface area contributed by atoms with E-state index in [9.17, 15) is 9.65 Å². The second-order valence-electron chi connectivity index (χ2n) is 11.2. The maximum Gasteiger partial charge on any atom is 0.226 e. The summed E-state index contributed by atoms with van der Waals surface area (Å²) in [4.78, 5) is 16.7. The standard InChI is InChI=1S/C28H30F2N8OS.C2H6/c1-36(2)14-3-5-37(10-14)15-4-6-38(11-15)28-34-8-17-18-12-39-13-19(18)21(23(30)24(17)35-28)25-22-16(7-31)27(32)40-26(22)20(29)9-33-25;1-2/h8-9,14-15,25,33H,3-6,10-13,32H2,1-2H3;1-2H3. The predicted octanol–water partition coefficient (Wildman–Crippen LogP) is 4.52. The van der Waals surface area contributed by atoms with Gasteiger partial charge in [-0.05, 0) is 38.1 Å². The molecule has 12 heteroatoms. The van der Waals surface area contributed by atoms with E-state index in [0.29, 0.717) is 46.7 Å². The molecule has 9 nitrogen and oxygen atoms in total. The first-order chi connectivity index (χ1) is 20.4. The molecule has 3 aromatic rings. The number of likely N-dealkylation sites (tertiary alicyclic amines) is 1. The van der Waals surface area contributed by atoms with Gasteiger partial charge in [0, 0.05) is 67.2 Å². The minimum Gasteiger partial charge on any atom is -0.389 e. The molecule has 0 saturated carbocycles. The van der Waals surface area contributed by atoms with Gasteiger partial charge in [0.05, 0.1) is 29.7 Å². The summed E-state index contributed by atoms with van der Waals surface area (Å²) in [5.74, 6) is -0.538. The number of fused-ring (bicyclic) bond motifs is 4. The Balaban J connectivity index is 0.00000155. The fraction of sp³-hybridized carbons (Fsp3) is 0.500. The number of rotatable bonds is 4. The van der Waals surface area contributed by atoms with Gasteiger partial charge in [0.25, 0.3) is 0 Å². The fourth-order valence-corrected chi connectivity index (χ4v) is 7.65. The minimum absolute atomic E-state index is 0.165. The van der Waals surface area contributed by atoms with E-state index in [1.807, 2.05) is 13.8 Å². The number of nitrogens with zero attached hydrogens (tertiary/aromatic N) is 6. The van der Waals surface area contributed by atoms with E-state index in [4.69, 9.17) is 15.5 Å². The van der Waals surface area contributed by atoms with Gasteiger partial charge in [0.1, 0.15) is 16.6 Å². The molecule has 42 heavy (non-hydrogen) atoms. The van der Waals surface area contributed by atoms with Crippen molar-refractivity contribution in [1.29, 1.82) is 5.26 Å². The maximum absolute atomic E-state index is 16.6. The molecule has 1 aromatic carbocycles. The Morgan fingerprint density at radius 2 is 1.93 bits per heavy atom. The Kier molecular flexibility index (Phi) is 7.78. The summed E-state index contributed by atoms with van der Waals surface area (Å²) in [6.07, 6.45) is 5.09. The number of nitrogens with two attached hydrogens (primary N) is 1. The van der Waals surface area contributed by atoms with Crippen LogP contribution >= 0.6 is 11.3 Å². The van der Waals surface area contributed by atoms with Crippen LogP contribution in [-0.2, 0) is 18.0 Å². The number of nitrogen functional groups attached to an aromatic ring is 1. The predicted molar refractivity (Wildman–Crippen MR) is 161 cm³/mol. The third kappa shape index (κ3) is 4.59. The summed E-state index contributed by atoms with van der Waals surface area (Å²) in [5, 5.41) is 13.6. The molecule has 2 aromatic heterocycles. The third-order valence-electron chi connectivity index (χ3n) is 8.87. The van der Waals surface area contributed by atoms with Crippen LogP contribution in [0.3, 0.4) is 0 Å². The molecular weight excluding hydrogens is 558 g/mol. The van der Waals surface area contributed by atoms with Crippen LogP contribution < -0.4 is 16.0 Å². The largest absolute Gasteiger partial charge is 0.389 e. The molecule has 2 fully saturated rings. The average Bonchev–Trinajstić information content (AvgIpc) is 3.81. The molecule has 2 saturated heterocycles. The van der Waals surface area contributed by atoms with Gasteiger partial charge in [-0.1, -0.05) is 13.8 Å². The summed E-state index contributed by atoms with van der Waals surface area (Å²) < 4.78 is 37.1. The van der Waals surface area contributed by atoms with Crippen LogP contribution in [0.25, 0.3) is 16.7 Å². The van der Waals surface area contributed by atoms with Crippen LogP contribution in [0.1, 0.15) is 65.4 Å². The highest BCUT2D eigenvalue weighted by Crippen LogP contribution is 2.47. The van der Waals surface area contributed by atoms with E-state index >= 15 is 4.39 Å². The molecule has 3 unspecified atom stereocenters. The maximum atomic E-state index is 16.6. The zero-order valence-electron chi connectivity index (χ0n) is 24.4. The van der Waals surface area contributed by atoms with Gasteiger partial charge < -0.3 is 25.6 Å². The van der Waals surface area contributed by atoms with Gasteiger partial charge in [-0.25, -0.2) is 18.7 Å². The van der Waals surface area contributed by atoms with Crippen LogP contribution in [0.4, 0.5) is 19.7 Å². The lowest BCUT2D eigenvalue weighted by Gasteiger charge is -2.26. The highest BCUT2D eigenvalue weighted by Gasteiger charge is 2.38. The zero-order valence-corrected chi connectivity index (χ0v) is 25.2. The molecule has 7 rings (SSSR count). The number of nitrogens with one attached hydrogen (secondary N) is 1. The quantitative estimate of drug-likeness (QED) is 0.451. The topological polar surface area (TPSA) is 107 Å². The molecule has 222 valence electrons. The highest BCUT2D eigenvalue weighted by atomic mass is 32.1. The number of likely N-dealkylation sites (N-methyl/N-ethyl adjacent to an activating group) is 1. The number of hydrogen-bond donors (Lipinski definition) is 2. The van der Waals surface area contributed by atoms with E-state index in [-0.39, 0.29) is 27.6 Å². The number of aromatic nitrogens is 2. The Labute approximate surface area is 248 Å². The van der Waals surface area contributed by atoms with Gasteiger partial charge in [0.15, 0.2) is 11.6 Å². The average molecular weight is 595 g/mol. The van der Waals surface area contributed by atoms with Gasteiger partial charge in [-0.3, -0.25) is 4.90 Å². The number of ether oxygens (including phenoxy) is 1. The molecular formula is C30H36F2N8OS. The molecule has 4 aliphatic rings. The number of benzene rings is 1. The van der Waals surface area contributed by atoms with E-state index < -0.39 is 17.7 Å². The van der Waals surface area contributed by atoms with Crippen molar-refractivity contribution >= 4 is 39.0 Å². The fourth-order valence-electron chi connectivity index (χ4n) is 6.69. The third-order valence-corrected chi connectivity index (χ3v) is 9.91. The lowest BCUT2D eigenvalue weighted by molar-refractivity contribution is 0.134. The minimum atomic E-state index is -0.799. The van der Waals surface area contributed by atoms with Crippen molar-refractivity contribution in [3.63, 3.8) is 0 Å². The zero-order chi connectivity index (χ0) is 29.7. The lowest BCUT2D eigenvalue weighted by atomic mass is 9.87. The normalized spacial score (nSPS) is 23.3. The Morgan fingerprint density at radius 3 is 2.67 bits per heavy atom. The molecule has 3 atom stereocenters. The molecule has 3 N–H and O–H groups in total. The van der Waals surface area contributed by atoms with Gasteiger partial charge in [0.2, 0.25) is 5.95 Å². The molecule has 0 spiro atoms. The second-order valence-corrected chi connectivity index (χ2v) is 12.2. The van der Waals surface area contributed by atoms with Crippen molar-refractivity contribution in [3.8, 4) is 6.07 Å². The number of halogens is 2. The first-order valence-corrected chi connectivity index (χ1v) is 15.3. The number of hydrogen-bond acceptors (Lipinski definition) is 10. The van der Waals surface area contributed by atoms with E-state index in [0.717, 1.165) is 55.9 Å². The van der Waals surface area contributed by atoms with Gasteiger partial charge in [-0.2, -0.15) is 5.26 Å². The van der Waals surface area contributed by atoms with Gasteiger partial charge >= 0.3 is 0 Å². The van der Waals surface area contributed by atoms with E-state index in [1.165, 1.54) is 6.20 Å². The summed E-state index contributed by atoms with van der Waals surface area (Å²) in [6, 6.07) is 2.27. The Bertz CT molecular complexity index is 1600. The van der Waals surface area contributed by atoms with Crippen LogP contribution in [0.5, 0.6) is 0 Å². The summed E-state index contributed by atoms with van der Waals surface area (Å²) in [6.45, 7) is 8.24. The smallest absolute Gasteiger partial charge is 0.226 e. The van der Waals surface area contributed by atoms with Crippen molar-refractivity contribution in [3.05, 3.63) is 50.9 Å². The van der Waals surface area contributed by atoms with Crippen LogP contribution in [0.15, 0.2) is 12.4 Å². The van der Waals surface area contributed by atoms with E-state index in [1.54, 1.807) is 6.20 Å². The number of nitriles is 1. The second kappa shape index (κ2) is 11.4.